The number of hydrogen-bond donors (Lipinski definition) is 0. The monoisotopic (exact) mass is 391 g/mol. The zero-order valence-electron chi connectivity index (χ0n) is 16.6. The lowest BCUT2D eigenvalue weighted by Crippen LogP contribution is -2.42. The average Bonchev–Trinajstić information content (AvgIpc) is 3.09. The molecule has 1 aliphatic heterocycles. The van der Waals surface area contributed by atoms with E-state index in [0.29, 0.717) is 19.5 Å². The Morgan fingerprint density at radius 2 is 1.83 bits per heavy atom. The van der Waals surface area contributed by atoms with Gasteiger partial charge in [-0.15, -0.1) is 0 Å². The lowest BCUT2D eigenvalue weighted by molar-refractivity contribution is -0.114. The number of carbonyl (C=O) groups excluding carboxylic acids is 2. The van der Waals surface area contributed by atoms with E-state index in [2.05, 4.69) is 6.08 Å². The maximum atomic E-state index is 12.7. The van der Waals surface area contributed by atoms with Gasteiger partial charge in [-0.3, -0.25) is 4.79 Å². The molecule has 1 fully saturated rings. The number of ketones is 1. The van der Waals surface area contributed by atoms with Crippen LogP contribution in [0.4, 0.5) is 4.79 Å². The Morgan fingerprint density at radius 3 is 2.55 bits per heavy atom. The molecule has 5 heteroatoms. The quantitative estimate of drug-likeness (QED) is 0.772. The molecule has 0 aromatic heterocycles. The van der Waals surface area contributed by atoms with Crippen LogP contribution in [0.3, 0.4) is 0 Å². The molecule has 0 radical (unpaired) electrons. The van der Waals surface area contributed by atoms with Gasteiger partial charge in [0.15, 0.2) is 5.78 Å². The number of amides is 1. The lowest BCUT2D eigenvalue weighted by atomic mass is 9.78. The van der Waals surface area contributed by atoms with E-state index >= 15 is 0 Å². The van der Waals surface area contributed by atoms with Gasteiger partial charge in [0.2, 0.25) is 0 Å². The van der Waals surface area contributed by atoms with Gasteiger partial charge in [-0.1, -0.05) is 48.5 Å². The van der Waals surface area contributed by atoms with E-state index in [1.165, 1.54) is 0 Å². The number of benzene rings is 2. The van der Waals surface area contributed by atoms with Gasteiger partial charge in [-0.25, -0.2) is 4.79 Å². The van der Waals surface area contributed by atoms with E-state index in [0.717, 1.165) is 35.3 Å². The van der Waals surface area contributed by atoms with Gasteiger partial charge < -0.3 is 14.4 Å². The maximum Gasteiger partial charge on any atom is 0.410 e. The van der Waals surface area contributed by atoms with Crippen molar-refractivity contribution in [2.75, 3.05) is 20.2 Å². The van der Waals surface area contributed by atoms with Gasteiger partial charge in [0.25, 0.3) is 0 Å². The van der Waals surface area contributed by atoms with E-state index in [4.69, 9.17) is 9.47 Å². The van der Waals surface area contributed by atoms with Crippen molar-refractivity contribution in [1.29, 1.82) is 0 Å². The normalized spacial score (nSPS) is 17.9. The summed E-state index contributed by atoms with van der Waals surface area (Å²) in [6, 6.07) is 17.3. The van der Waals surface area contributed by atoms with Crippen LogP contribution in [0.15, 0.2) is 60.7 Å². The Kier molecular flexibility index (Phi) is 5.38. The van der Waals surface area contributed by atoms with Crippen molar-refractivity contribution >= 4 is 17.4 Å². The number of piperidine rings is 1. The highest BCUT2D eigenvalue weighted by atomic mass is 16.6. The van der Waals surface area contributed by atoms with Crippen LogP contribution >= 0.6 is 0 Å². The summed E-state index contributed by atoms with van der Waals surface area (Å²) in [5, 5.41) is 0. The standard InChI is InChI=1S/C24H25NO4/c1-28-20-9-5-8-19(14-20)21-15-24(16-22(21)26)10-12-25(13-11-24)23(27)29-17-18-6-3-2-4-7-18/h2-9,14-15H,10-13,16-17H2,1H3. The Bertz CT molecular complexity index is 927. The van der Waals surface area contributed by atoms with Crippen LogP contribution in [0, 0.1) is 5.41 Å². The molecule has 1 saturated heterocycles. The van der Waals surface area contributed by atoms with Crippen molar-refractivity contribution in [2.24, 2.45) is 5.41 Å². The van der Waals surface area contributed by atoms with Gasteiger partial charge in [-0.05, 0) is 41.5 Å². The third kappa shape index (κ3) is 4.19. The molecule has 1 amide bonds. The largest absolute Gasteiger partial charge is 0.497 e. The zero-order chi connectivity index (χ0) is 20.3. The SMILES string of the molecule is COc1cccc(C2=CC3(CCN(C(=O)OCc4ccccc4)CC3)CC2=O)c1. The predicted molar refractivity (Wildman–Crippen MR) is 110 cm³/mol. The summed E-state index contributed by atoms with van der Waals surface area (Å²) >= 11 is 0. The van der Waals surface area contributed by atoms with E-state index in [1.807, 2.05) is 54.6 Å². The molecule has 2 aliphatic rings. The van der Waals surface area contributed by atoms with Crippen molar-refractivity contribution < 1.29 is 19.1 Å². The molecule has 150 valence electrons. The summed E-state index contributed by atoms with van der Waals surface area (Å²) in [7, 11) is 1.62. The second-order valence-electron chi connectivity index (χ2n) is 7.78. The van der Waals surface area contributed by atoms with E-state index in [-0.39, 0.29) is 23.9 Å². The molecular formula is C24H25NO4. The maximum absolute atomic E-state index is 12.7. The summed E-state index contributed by atoms with van der Waals surface area (Å²) in [4.78, 5) is 26.9. The van der Waals surface area contributed by atoms with E-state index in [9.17, 15) is 9.59 Å². The van der Waals surface area contributed by atoms with Crippen molar-refractivity contribution in [3.8, 4) is 5.75 Å². The average molecular weight is 391 g/mol. The van der Waals surface area contributed by atoms with Crippen molar-refractivity contribution in [3.05, 3.63) is 71.8 Å². The summed E-state index contributed by atoms with van der Waals surface area (Å²) < 4.78 is 10.7. The van der Waals surface area contributed by atoms with Gasteiger partial charge in [0.1, 0.15) is 12.4 Å². The summed E-state index contributed by atoms with van der Waals surface area (Å²) in [6.45, 7) is 1.48. The molecule has 2 aromatic rings. The Morgan fingerprint density at radius 1 is 1.07 bits per heavy atom. The molecular weight excluding hydrogens is 366 g/mol. The number of nitrogens with zero attached hydrogens (tertiary/aromatic N) is 1. The van der Waals surface area contributed by atoms with Gasteiger partial charge in [0, 0.05) is 25.1 Å². The first-order chi connectivity index (χ1) is 14.1. The van der Waals surface area contributed by atoms with Gasteiger partial charge >= 0.3 is 6.09 Å². The van der Waals surface area contributed by atoms with Crippen LogP contribution in [0.2, 0.25) is 0 Å². The van der Waals surface area contributed by atoms with Crippen molar-refractivity contribution in [1.82, 2.24) is 4.90 Å². The minimum atomic E-state index is -0.287. The van der Waals surface area contributed by atoms with Gasteiger partial charge in [0.05, 0.1) is 7.11 Å². The van der Waals surface area contributed by atoms with E-state index in [1.54, 1.807) is 12.0 Å². The first kappa shape index (κ1) is 19.2. The lowest BCUT2D eigenvalue weighted by Gasteiger charge is -2.37. The van der Waals surface area contributed by atoms with Crippen LogP contribution in [-0.4, -0.2) is 37.0 Å². The second-order valence-corrected chi connectivity index (χ2v) is 7.78. The second kappa shape index (κ2) is 8.11. The minimum Gasteiger partial charge on any atom is -0.497 e. The van der Waals surface area contributed by atoms with Gasteiger partial charge in [-0.2, -0.15) is 0 Å². The van der Waals surface area contributed by atoms with Crippen LogP contribution in [0.1, 0.15) is 30.4 Å². The van der Waals surface area contributed by atoms with Crippen LogP contribution < -0.4 is 4.74 Å². The number of methoxy groups -OCH3 is 1. The molecule has 1 aliphatic carbocycles. The summed E-state index contributed by atoms with van der Waals surface area (Å²) in [5.74, 6) is 0.909. The molecule has 0 unspecified atom stereocenters. The Balaban J connectivity index is 1.38. The fourth-order valence-electron chi connectivity index (χ4n) is 4.15. The highest BCUT2D eigenvalue weighted by Crippen LogP contribution is 2.45. The van der Waals surface area contributed by atoms with Crippen molar-refractivity contribution in [3.63, 3.8) is 0 Å². The number of ether oxygens (including phenoxy) is 2. The highest BCUT2D eigenvalue weighted by molar-refractivity contribution is 6.23. The molecule has 1 heterocycles. The topological polar surface area (TPSA) is 55.8 Å². The first-order valence-electron chi connectivity index (χ1n) is 9.95. The third-order valence-corrected chi connectivity index (χ3v) is 5.87. The fourth-order valence-corrected chi connectivity index (χ4v) is 4.15. The van der Waals surface area contributed by atoms with Crippen molar-refractivity contribution in [2.45, 2.75) is 25.9 Å². The first-order valence-corrected chi connectivity index (χ1v) is 9.95. The highest BCUT2D eigenvalue weighted by Gasteiger charge is 2.42. The molecule has 0 N–H and O–H groups in total. The minimum absolute atomic E-state index is 0.161. The van der Waals surface area contributed by atoms with E-state index < -0.39 is 0 Å². The van der Waals surface area contributed by atoms with Crippen LogP contribution in [0.25, 0.3) is 5.57 Å². The molecule has 0 saturated carbocycles. The molecule has 1 spiro atoms. The molecule has 2 aromatic carbocycles. The fraction of sp³-hybridized carbons (Fsp3) is 0.333. The molecule has 4 rings (SSSR count). The molecule has 5 nitrogen and oxygen atoms in total. The third-order valence-electron chi connectivity index (χ3n) is 5.87. The number of rotatable bonds is 4. The molecule has 0 atom stereocenters. The number of likely N-dealkylation sites (tertiary alicyclic amines) is 1. The Hall–Kier alpha value is -3.08. The Labute approximate surface area is 170 Å². The number of allylic oxidation sites excluding steroid dienone is 2. The smallest absolute Gasteiger partial charge is 0.410 e. The zero-order valence-corrected chi connectivity index (χ0v) is 16.6. The predicted octanol–water partition coefficient (Wildman–Crippen LogP) is 4.47. The van der Waals surface area contributed by atoms with Crippen LogP contribution in [0.5, 0.6) is 5.75 Å². The number of hydrogen-bond acceptors (Lipinski definition) is 4. The summed E-state index contributed by atoms with van der Waals surface area (Å²) in [5.41, 5.74) is 2.48. The number of carbonyl (C=O) groups is 2. The molecule has 29 heavy (non-hydrogen) atoms. The van der Waals surface area contributed by atoms with Crippen LogP contribution in [-0.2, 0) is 16.1 Å². The molecule has 0 bridgehead atoms. The summed E-state index contributed by atoms with van der Waals surface area (Å²) in [6.07, 6.45) is 3.88. The number of Topliss-reactive ketones (excluding diaryl/α,β-unsaturated/α-hetero) is 1.